The monoisotopic (exact) mass is 287 g/mol. The van der Waals surface area contributed by atoms with Gasteiger partial charge in [0.2, 0.25) is 0 Å². The maximum absolute atomic E-state index is 13.6. The summed E-state index contributed by atoms with van der Waals surface area (Å²) in [6, 6.07) is 1.19. The second-order valence-corrected chi connectivity index (χ2v) is 5.08. The van der Waals surface area contributed by atoms with Gasteiger partial charge in [-0.2, -0.15) is 0 Å². The number of rotatable bonds is 4. The summed E-state index contributed by atoms with van der Waals surface area (Å²) >= 11 is 0. The lowest BCUT2D eigenvalue weighted by Gasteiger charge is -2.35. The summed E-state index contributed by atoms with van der Waals surface area (Å²) in [5, 5.41) is 8.87. The minimum atomic E-state index is -1.22. The summed E-state index contributed by atoms with van der Waals surface area (Å²) < 4.78 is 39.7. The van der Waals surface area contributed by atoms with Crippen LogP contribution in [0.15, 0.2) is 12.1 Å². The molecule has 0 aliphatic carbocycles. The van der Waals surface area contributed by atoms with E-state index in [0.717, 1.165) is 25.3 Å². The van der Waals surface area contributed by atoms with E-state index in [-0.39, 0.29) is 24.6 Å². The molecule has 20 heavy (non-hydrogen) atoms. The number of halogens is 3. The van der Waals surface area contributed by atoms with Gasteiger partial charge in [0, 0.05) is 24.2 Å². The number of hydrogen-bond donors (Lipinski definition) is 1. The van der Waals surface area contributed by atoms with Crippen molar-refractivity contribution >= 4 is 5.97 Å². The van der Waals surface area contributed by atoms with Crippen LogP contribution >= 0.6 is 0 Å². The predicted octanol–water partition coefficient (Wildman–Crippen LogP) is 2.93. The molecule has 2 rings (SSSR count). The normalized spacial score (nSPS) is 20.1. The average Bonchev–Trinajstić information content (AvgIpc) is 2.37. The van der Waals surface area contributed by atoms with Gasteiger partial charge in [-0.1, -0.05) is 6.42 Å². The lowest BCUT2D eigenvalue weighted by molar-refractivity contribution is -0.138. The van der Waals surface area contributed by atoms with Gasteiger partial charge in [-0.15, -0.1) is 0 Å². The van der Waals surface area contributed by atoms with Crippen LogP contribution in [0.3, 0.4) is 0 Å². The molecule has 0 aromatic heterocycles. The first-order chi connectivity index (χ1) is 9.47. The highest BCUT2D eigenvalue weighted by atomic mass is 19.2. The van der Waals surface area contributed by atoms with Crippen LogP contribution in [0, 0.1) is 17.5 Å². The van der Waals surface area contributed by atoms with Crippen molar-refractivity contribution in [3.05, 3.63) is 35.1 Å². The largest absolute Gasteiger partial charge is 0.481 e. The van der Waals surface area contributed by atoms with Crippen LogP contribution in [0.2, 0.25) is 0 Å². The highest BCUT2D eigenvalue weighted by molar-refractivity contribution is 5.67. The fourth-order valence-electron chi connectivity index (χ4n) is 2.60. The molecule has 1 aliphatic rings. The van der Waals surface area contributed by atoms with Gasteiger partial charge >= 0.3 is 5.97 Å². The van der Waals surface area contributed by atoms with E-state index in [1.165, 1.54) is 0 Å². The second-order valence-electron chi connectivity index (χ2n) is 5.08. The topological polar surface area (TPSA) is 40.5 Å². The number of carboxylic acids is 1. The molecule has 1 atom stereocenters. The van der Waals surface area contributed by atoms with E-state index in [4.69, 9.17) is 5.11 Å². The molecule has 3 nitrogen and oxygen atoms in total. The summed E-state index contributed by atoms with van der Waals surface area (Å²) in [7, 11) is 0. The molecule has 1 aliphatic heterocycles. The van der Waals surface area contributed by atoms with Crippen molar-refractivity contribution in [3.8, 4) is 0 Å². The van der Waals surface area contributed by atoms with Crippen LogP contribution in [0.1, 0.15) is 31.2 Å². The minimum Gasteiger partial charge on any atom is -0.481 e. The Morgan fingerprint density at radius 1 is 1.20 bits per heavy atom. The van der Waals surface area contributed by atoms with Crippen molar-refractivity contribution in [1.29, 1.82) is 0 Å². The number of benzene rings is 1. The van der Waals surface area contributed by atoms with Crippen LogP contribution in [0.5, 0.6) is 0 Å². The van der Waals surface area contributed by atoms with E-state index in [1.54, 1.807) is 0 Å². The van der Waals surface area contributed by atoms with Crippen LogP contribution in [0.25, 0.3) is 0 Å². The molecule has 0 radical (unpaired) electrons. The second kappa shape index (κ2) is 6.26. The van der Waals surface area contributed by atoms with Gasteiger partial charge in [0.15, 0.2) is 11.6 Å². The van der Waals surface area contributed by atoms with E-state index in [2.05, 4.69) is 0 Å². The summed E-state index contributed by atoms with van der Waals surface area (Å²) in [5.74, 6) is -4.02. The molecule has 1 N–H and O–H groups in total. The Bertz CT molecular complexity index is 507. The van der Waals surface area contributed by atoms with Gasteiger partial charge in [0.1, 0.15) is 5.82 Å². The van der Waals surface area contributed by atoms with Crippen molar-refractivity contribution in [2.24, 2.45) is 0 Å². The van der Waals surface area contributed by atoms with Gasteiger partial charge in [0.25, 0.3) is 0 Å². The van der Waals surface area contributed by atoms with Crippen LogP contribution in [-0.2, 0) is 11.3 Å². The zero-order chi connectivity index (χ0) is 14.7. The molecule has 0 spiro atoms. The number of aliphatic carboxylic acids is 1. The number of nitrogens with zero attached hydrogens (tertiary/aromatic N) is 1. The molecule has 0 amide bonds. The Hall–Kier alpha value is -1.56. The van der Waals surface area contributed by atoms with Crippen molar-refractivity contribution < 1.29 is 23.1 Å². The lowest BCUT2D eigenvalue weighted by atomic mass is 9.98. The number of carbonyl (C=O) groups is 1. The van der Waals surface area contributed by atoms with Crippen molar-refractivity contribution in [3.63, 3.8) is 0 Å². The maximum atomic E-state index is 13.6. The molecule has 1 unspecified atom stereocenters. The quantitative estimate of drug-likeness (QED) is 0.866. The summed E-state index contributed by atoms with van der Waals surface area (Å²) in [4.78, 5) is 12.6. The first-order valence-electron chi connectivity index (χ1n) is 6.56. The smallest absolute Gasteiger partial charge is 0.304 e. The predicted molar refractivity (Wildman–Crippen MR) is 66.6 cm³/mol. The van der Waals surface area contributed by atoms with Gasteiger partial charge in [0.05, 0.1) is 6.42 Å². The molecule has 1 fully saturated rings. The fraction of sp³-hybridized carbons (Fsp3) is 0.500. The first kappa shape index (κ1) is 14.8. The third-order valence-electron chi connectivity index (χ3n) is 3.62. The molecule has 6 heteroatoms. The zero-order valence-electron chi connectivity index (χ0n) is 10.9. The van der Waals surface area contributed by atoms with Crippen molar-refractivity contribution in [1.82, 2.24) is 4.90 Å². The summed E-state index contributed by atoms with van der Waals surface area (Å²) in [5.41, 5.74) is 0.0567. The van der Waals surface area contributed by atoms with E-state index >= 15 is 0 Å². The number of piperidine rings is 1. The van der Waals surface area contributed by atoms with Gasteiger partial charge < -0.3 is 5.11 Å². The minimum absolute atomic E-state index is 0.0225. The molecule has 110 valence electrons. The first-order valence-corrected chi connectivity index (χ1v) is 6.56. The van der Waals surface area contributed by atoms with E-state index in [1.807, 2.05) is 4.90 Å². The number of hydrogen-bond acceptors (Lipinski definition) is 2. The highest BCUT2D eigenvalue weighted by Gasteiger charge is 2.25. The SMILES string of the molecule is O=C(O)CC1CCCCN1Cc1cc(F)c(F)cc1F. The van der Waals surface area contributed by atoms with Crippen LogP contribution in [0.4, 0.5) is 13.2 Å². The standard InChI is InChI=1S/C14H16F3NO2/c15-11-7-13(17)12(16)5-9(11)8-18-4-2-1-3-10(18)6-14(19)20/h5,7,10H,1-4,6,8H2,(H,19,20). The van der Waals surface area contributed by atoms with Crippen molar-refractivity contribution in [2.45, 2.75) is 38.3 Å². The van der Waals surface area contributed by atoms with Crippen molar-refractivity contribution in [2.75, 3.05) is 6.54 Å². The van der Waals surface area contributed by atoms with Gasteiger partial charge in [-0.05, 0) is 25.5 Å². The molecule has 0 bridgehead atoms. The molecule has 1 saturated heterocycles. The summed E-state index contributed by atoms with van der Waals surface area (Å²) in [6.07, 6.45) is 2.51. The van der Waals surface area contributed by atoms with E-state index < -0.39 is 23.4 Å². The Labute approximate surface area is 115 Å². The van der Waals surface area contributed by atoms with Crippen LogP contribution in [-0.4, -0.2) is 28.6 Å². The third kappa shape index (κ3) is 3.50. The number of carboxylic acid groups (broad SMARTS) is 1. The Kier molecular flexibility index (Phi) is 4.65. The molecule has 1 aromatic rings. The number of likely N-dealkylation sites (tertiary alicyclic amines) is 1. The molecule has 0 saturated carbocycles. The summed E-state index contributed by atoms with van der Waals surface area (Å²) in [6.45, 7) is 0.733. The fourth-order valence-corrected chi connectivity index (χ4v) is 2.60. The lowest BCUT2D eigenvalue weighted by Crippen LogP contribution is -2.40. The molecular formula is C14H16F3NO2. The Morgan fingerprint density at radius 2 is 1.90 bits per heavy atom. The third-order valence-corrected chi connectivity index (χ3v) is 3.62. The van der Waals surface area contributed by atoms with Crippen LogP contribution < -0.4 is 0 Å². The zero-order valence-corrected chi connectivity index (χ0v) is 10.9. The highest BCUT2D eigenvalue weighted by Crippen LogP contribution is 2.23. The molecule has 1 aromatic carbocycles. The average molecular weight is 287 g/mol. The molecule has 1 heterocycles. The van der Waals surface area contributed by atoms with Gasteiger partial charge in [-0.3, -0.25) is 9.69 Å². The van der Waals surface area contributed by atoms with E-state index in [0.29, 0.717) is 12.6 Å². The molecular weight excluding hydrogens is 271 g/mol. The van der Waals surface area contributed by atoms with E-state index in [9.17, 15) is 18.0 Å². The Morgan fingerprint density at radius 3 is 2.60 bits per heavy atom. The maximum Gasteiger partial charge on any atom is 0.304 e. The Balaban J connectivity index is 2.14. The van der Waals surface area contributed by atoms with Gasteiger partial charge in [-0.25, -0.2) is 13.2 Å².